The highest BCUT2D eigenvalue weighted by Crippen LogP contribution is 2.37. The third-order valence-electron chi connectivity index (χ3n) is 6.18. The molecule has 0 spiro atoms. The van der Waals surface area contributed by atoms with Crippen molar-refractivity contribution in [1.82, 2.24) is 14.6 Å². The van der Waals surface area contributed by atoms with Crippen molar-refractivity contribution in [3.05, 3.63) is 66.0 Å². The van der Waals surface area contributed by atoms with E-state index in [4.69, 9.17) is 4.74 Å². The molecule has 0 aliphatic carbocycles. The summed E-state index contributed by atoms with van der Waals surface area (Å²) in [4.78, 5) is 2.32. The molecule has 5 rings (SSSR count). The lowest BCUT2D eigenvalue weighted by atomic mass is 9.75. The monoisotopic (exact) mass is 442 g/mol. The first-order valence-electron chi connectivity index (χ1n) is 11.1. The molecular formula is C26H26N4OS. The zero-order chi connectivity index (χ0) is 22.1. The van der Waals surface area contributed by atoms with Crippen LogP contribution in [0.1, 0.15) is 38.1 Å². The molecule has 0 saturated carbocycles. The number of pyridine rings is 1. The fourth-order valence-electron chi connectivity index (χ4n) is 4.47. The minimum absolute atomic E-state index is 0.439. The van der Waals surface area contributed by atoms with Gasteiger partial charge in [0.2, 0.25) is 0 Å². The molecule has 2 aromatic carbocycles. The van der Waals surface area contributed by atoms with E-state index in [0.29, 0.717) is 19.1 Å². The molecule has 162 valence electrons. The van der Waals surface area contributed by atoms with Crippen LogP contribution < -0.4 is 0 Å². The molecule has 0 N–H and O–H groups in total. The Kier molecular flexibility index (Phi) is 5.62. The lowest BCUT2D eigenvalue weighted by Crippen LogP contribution is -2.32. The summed E-state index contributed by atoms with van der Waals surface area (Å²) in [5, 5.41) is 19.9. The second-order valence-electron chi connectivity index (χ2n) is 8.90. The van der Waals surface area contributed by atoms with Gasteiger partial charge < -0.3 is 4.74 Å². The summed E-state index contributed by atoms with van der Waals surface area (Å²) in [7, 11) is 0. The van der Waals surface area contributed by atoms with Gasteiger partial charge in [-0.2, -0.15) is 5.26 Å². The number of nitrogens with zero attached hydrogens (tertiary/aromatic N) is 4. The van der Waals surface area contributed by atoms with Crippen molar-refractivity contribution >= 4 is 28.3 Å². The van der Waals surface area contributed by atoms with Crippen molar-refractivity contribution in [2.75, 3.05) is 13.2 Å². The summed E-state index contributed by atoms with van der Waals surface area (Å²) in [6.07, 6.45) is 2.40. The highest BCUT2D eigenvalue weighted by Gasteiger charge is 2.34. The normalized spacial score (nSPS) is 15.9. The first kappa shape index (κ1) is 21.0. The molecule has 0 amide bonds. The van der Waals surface area contributed by atoms with Gasteiger partial charge in [0.05, 0.1) is 17.0 Å². The van der Waals surface area contributed by atoms with Crippen LogP contribution in [0.5, 0.6) is 0 Å². The van der Waals surface area contributed by atoms with E-state index in [1.165, 1.54) is 10.3 Å². The van der Waals surface area contributed by atoms with E-state index in [1.54, 1.807) is 11.8 Å². The minimum Gasteiger partial charge on any atom is -0.381 e. The van der Waals surface area contributed by atoms with Crippen molar-refractivity contribution in [2.24, 2.45) is 5.92 Å². The summed E-state index contributed by atoms with van der Waals surface area (Å²) in [6.45, 7) is 5.69. The molecule has 5 nitrogen and oxygen atoms in total. The van der Waals surface area contributed by atoms with Gasteiger partial charge in [0, 0.05) is 29.4 Å². The summed E-state index contributed by atoms with van der Waals surface area (Å²) < 4.78 is 7.67. The van der Waals surface area contributed by atoms with E-state index in [1.807, 2.05) is 6.07 Å². The van der Waals surface area contributed by atoms with Gasteiger partial charge in [-0.15, -0.1) is 10.2 Å². The van der Waals surface area contributed by atoms with Crippen LogP contribution in [0.4, 0.5) is 0 Å². The van der Waals surface area contributed by atoms with Crippen LogP contribution in [0.15, 0.2) is 64.4 Å². The van der Waals surface area contributed by atoms with E-state index in [2.05, 4.69) is 83.0 Å². The first-order valence-corrected chi connectivity index (χ1v) is 11.9. The lowest BCUT2D eigenvalue weighted by molar-refractivity contribution is 0.0675. The van der Waals surface area contributed by atoms with Gasteiger partial charge in [0.25, 0.3) is 0 Å². The number of nitriles is 1. The maximum atomic E-state index is 9.91. The summed E-state index contributed by atoms with van der Waals surface area (Å²) in [5.74, 6) is 1.53. The minimum atomic E-state index is -0.439. The highest BCUT2D eigenvalue weighted by molar-refractivity contribution is 7.99. The highest BCUT2D eigenvalue weighted by atomic mass is 32.2. The molecule has 0 bridgehead atoms. The van der Waals surface area contributed by atoms with Gasteiger partial charge in [-0.05, 0) is 72.2 Å². The summed E-state index contributed by atoms with van der Waals surface area (Å²) in [6, 6.07) is 21.7. The number of aromatic nitrogens is 3. The Bertz CT molecular complexity index is 1310. The van der Waals surface area contributed by atoms with E-state index in [-0.39, 0.29) is 0 Å². The molecular weight excluding hydrogens is 416 g/mol. The average Bonchev–Trinajstić information content (AvgIpc) is 3.22. The fourth-order valence-corrected chi connectivity index (χ4v) is 5.40. The third-order valence-corrected chi connectivity index (χ3v) is 7.16. The number of rotatable bonds is 5. The number of benzene rings is 2. The number of hydrogen-bond acceptors (Lipinski definition) is 5. The predicted molar refractivity (Wildman–Crippen MR) is 127 cm³/mol. The molecule has 6 heteroatoms. The van der Waals surface area contributed by atoms with Crippen LogP contribution in [0.25, 0.3) is 16.6 Å². The van der Waals surface area contributed by atoms with E-state index >= 15 is 0 Å². The van der Waals surface area contributed by atoms with Crippen molar-refractivity contribution in [3.63, 3.8) is 0 Å². The van der Waals surface area contributed by atoms with Gasteiger partial charge in [0.15, 0.2) is 5.65 Å². The van der Waals surface area contributed by atoms with Crippen molar-refractivity contribution in [2.45, 2.75) is 48.3 Å². The Morgan fingerprint density at radius 1 is 1.06 bits per heavy atom. The number of hydrogen-bond donors (Lipinski definition) is 0. The van der Waals surface area contributed by atoms with Crippen LogP contribution in [-0.4, -0.2) is 27.8 Å². The Labute approximate surface area is 192 Å². The number of ether oxygens (including phenoxy) is 1. The Balaban J connectivity index is 1.47. The largest absolute Gasteiger partial charge is 0.381 e. The standard InChI is InChI=1S/C26H26N4OS/c1-18(2)14-25-29-28-24-9-6-19-15-22(7-8-23(19)30(24)25)32-21-5-3-4-20(16-21)26(17-27)10-12-31-13-11-26/h3-9,15-16,18H,10-14H2,1-2H3. The zero-order valence-electron chi connectivity index (χ0n) is 18.4. The van der Waals surface area contributed by atoms with Crippen LogP contribution in [0.3, 0.4) is 0 Å². The molecule has 1 fully saturated rings. The molecule has 4 aromatic rings. The lowest BCUT2D eigenvalue weighted by Gasteiger charge is -2.31. The average molecular weight is 443 g/mol. The van der Waals surface area contributed by atoms with Crippen molar-refractivity contribution in [3.8, 4) is 6.07 Å². The van der Waals surface area contributed by atoms with Crippen LogP contribution in [0.2, 0.25) is 0 Å². The van der Waals surface area contributed by atoms with Gasteiger partial charge in [-0.3, -0.25) is 4.40 Å². The van der Waals surface area contributed by atoms with E-state index in [0.717, 1.165) is 46.7 Å². The van der Waals surface area contributed by atoms with Crippen molar-refractivity contribution < 1.29 is 4.74 Å². The summed E-state index contributed by atoms with van der Waals surface area (Å²) in [5.41, 5.74) is 2.68. The van der Waals surface area contributed by atoms with Gasteiger partial charge in [0.1, 0.15) is 5.82 Å². The molecule has 1 aliphatic heterocycles. The molecule has 2 aromatic heterocycles. The quantitative estimate of drug-likeness (QED) is 0.391. The predicted octanol–water partition coefficient (Wildman–Crippen LogP) is 5.80. The molecule has 3 heterocycles. The third kappa shape index (κ3) is 3.87. The van der Waals surface area contributed by atoms with Gasteiger partial charge in [-0.1, -0.05) is 37.7 Å². The molecule has 1 aliphatic rings. The van der Waals surface area contributed by atoms with Crippen LogP contribution in [0, 0.1) is 17.2 Å². The smallest absolute Gasteiger partial charge is 0.161 e. The Morgan fingerprint density at radius 2 is 1.88 bits per heavy atom. The Hall–Kier alpha value is -2.88. The zero-order valence-corrected chi connectivity index (χ0v) is 19.2. The molecule has 0 atom stereocenters. The van der Waals surface area contributed by atoms with E-state index < -0.39 is 5.41 Å². The maximum Gasteiger partial charge on any atom is 0.161 e. The Morgan fingerprint density at radius 3 is 2.66 bits per heavy atom. The van der Waals surface area contributed by atoms with Crippen LogP contribution >= 0.6 is 11.8 Å². The first-order chi connectivity index (χ1) is 15.6. The molecule has 32 heavy (non-hydrogen) atoms. The fraction of sp³-hybridized carbons (Fsp3) is 0.346. The maximum absolute atomic E-state index is 9.91. The molecule has 1 saturated heterocycles. The van der Waals surface area contributed by atoms with E-state index in [9.17, 15) is 5.26 Å². The molecule has 0 radical (unpaired) electrons. The second-order valence-corrected chi connectivity index (χ2v) is 10.0. The topological polar surface area (TPSA) is 63.2 Å². The van der Waals surface area contributed by atoms with Crippen LogP contribution in [-0.2, 0) is 16.6 Å². The second kappa shape index (κ2) is 8.57. The summed E-state index contributed by atoms with van der Waals surface area (Å²) >= 11 is 1.73. The van der Waals surface area contributed by atoms with Gasteiger partial charge in [-0.25, -0.2) is 0 Å². The van der Waals surface area contributed by atoms with Crippen molar-refractivity contribution in [1.29, 1.82) is 5.26 Å². The number of fused-ring (bicyclic) bond motifs is 3. The van der Waals surface area contributed by atoms with Gasteiger partial charge >= 0.3 is 0 Å². The molecule has 0 unspecified atom stereocenters. The SMILES string of the molecule is CC(C)Cc1nnc2ccc3cc(Sc4cccc(C5(C#N)CCOCC5)c4)ccc3n12.